The molecule has 0 radical (unpaired) electrons. The number of morpholine rings is 1. The van der Waals surface area contributed by atoms with Crippen LogP contribution in [0.15, 0.2) is 0 Å². The summed E-state index contributed by atoms with van der Waals surface area (Å²) in [5, 5.41) is 3.30. The molecule has 0 saturated carbocycles. The summed E-state index contributed by atoms with van der Waals surface area (Å²) in [4.78, 5) is 19.3. The van der Waals surface area contributed by atoms with E-state index in [1.807, 2.05) is 4.90 Å². The van der Waals surface area contributed by atoms with Gasteiger partial charge in [0.05, 0.1) is 12.7 Å². The number of nitrogens with one attached hydrogen (secondary N) is 1. The van der Waals surface area contributed by atoms with Gasteiger partial charge in [-0.2, -0.15) is 0 Å². The molecule has 6 nitrogen and oxygen atoms in total. The van der Waals surface area contributed by atoms with Crippen LogP contribution in [-0.2, 0) is 9.53 Å². The van der Waals surface area contributed by atoms with Crippen LogP contribution < -0.4 is 5.32 Å². The van der Waals surface area contributed by atoms with Crippen molar-refractivity contribution in [2.75, 3.05) is 65.5 Å². The Morgan fingerprint density at radius 1 is 1.13 bits per heavy atom. The van der Waals surface area contributed by atoms with Crippen molar-refractivity contribution < 1.29 is 9.53 Å². The number of nitrogens with zero attached hydrogens (tertiary/aromatic N) is 3. The van der Waals surface area contributed by atoms with Crippen molar-refractivity contribution in [2.45, 2.75) is 38.3 Å². The molecule has 3 heterocycles. The lowest BCUT2D eigenvalue weighted by Crippen LogP contribution is -2.51. The maximum Gasteiger partial charge on any atom is 0.223 e. The van der Waals surface area contributed by atoms with Crippen LogP contribution in [0.25, 0.3) is 0 Å². The molecule has 0 aromatic carbocycles. The quantitative estimate of drug-likeness (QED) is 0.788. The second kappa shape index (κ2) is 8.42. The molecule has 1 amide bonds. The number of carbonyl (C=O) groups excluding carboxylic acids is 1. The molecule has 1 unspecified atom stereocenters. The third kappa shape index (κ3) is 4.89. The van der Waals surface area contributed by atoms with Crippen LogP contribution in [0.5, 0.6) is 0 Å². The van der Waals surface area contributed by atoms with Crippen molar-refractivity contribution in [3.05, 3.63) is 0 Å². The molecule has 23 heavy (non-hydrogen) atoms. The lowest BCUT2D eigenvalue weighted by Gasteiger charge is -2.41. The molecule has 3 aliphatic rings. The highest BCUT2D eigenvalue weighted by Gasteiger charge is 2.28. The summed E-state index contributed by atoms with van der Waals surface area (Å²) in [5.41, 5.74) is 0. The van der Waals surface area contributed by atoms with E-state index in [-0.39, 0.29) is 0 Å². The SMILES string of the molecule is CC1CN(C2CCN(CCC(=O)N3CCNCC3)CC2)CCO1. The summed E-state index contributed by atoms with van der Waals surface area (Å²) in [7, 11) is 0. The van der Waals surface area contributed by atoms with Gasteiger partial charge in [0.25, 0.3) is 0 Å². The molecule has 3 fully saturated rings. The number of rotatable bonds is 4. The van der Waals surface area contributed by atoms with Gasteiger partial charge in [-0.25, -0.2) is 0 Å². The molecule has 1 N–H and O–H groups in total. The van der Waals surface area contributed by atoms with E-state index in [0.717, 1.165) is 65.5 Å². The molecular formula is C17H32N4O2. The number of ether oxygens (including phenoxy) is 1. The molecule has 3 saturated heterocycles. The molecule has 132 valence electrons. The standard InChI is InChI=1S/C17H32N4O2/c1-15-14-21(12-13-23-15)16-2-7-19(8-3-16)9-4-17(22)20-10-5-18-6-11-20/h15-16,18H,2-14H2,1H3. The fourth-order valence-corrected chi connectivity index (χ4v) is 4.01. The molecule has 0 spiro atoms. The van der Waals surface area contributed by atoms with Gasteiger partial charge in [0.15, 0.2) is 0 Å². The van der Waals surface area contributed by atoms with E-state index in [2.05, 4.69) is 22.0 Å². The first-order valence-corrected chi connectivity index (χ1v) is 9.29. The maximum absolute atomic E-state index is 12.2. The third-order valence-corrected chi connectivity index (χ3v) is 5.46. The van der Waals surface area contributed by atoms with Gasteiger partial charge in [-0.05, 0) is 32.9 Å². The molecule has 0 aliphatic carbocycles. The number of hydrogen-bond donors (Lipinski definition) is 1. The number of hydrogen-bond acceptors (Lipinski definition) is 5. The summed E-state index contributed by atoms with van der Waals surface area (Å²) in [6.07, 6.45) is 3.51. The lowest BCUT2D eigenvalue weighted by atomic mass is 10.0. The van der Waals surface area contributed by atoms with Crippen molar-refractivity contribution >= 4 is 5.91 Å². The second-order valence-electron chi connectivity index (χ2n) is 7.13. The van der Waals surface area contributed by atoms with E-state index < -0.39 is 0 Å². The summed E-state index contributed by atoms with van der Waals surface area (Å²) in [6, 6.07) is 0.710. The predicted molar refractivity (Wildman–Crippen MR) is 90.5 cm³/mol. The fraction of sp³-hybridized carbons (Fsp3) is 0.941. The normalized spacial score (nSPS) is 28.9. The van der Waals surface area contributed by atoms with E-state index >= 15 is 0 Å². The summed E-state index contributed by atoms with van der Waals surface area (Å²) < 4.78 is 5.64. The highest BCUT2D eigenvalue weighted by Crippen LogP contribution is 2.19. The van der Waals surface area contributed by atoms with Crippen molar-refractivity contribution in [1.29, 1.82) is 0 Å². The van der Waals surface area contributed by atoms with Crippen LogP contribution in [0.2, 0.25) is 0 Å². The van der Waals surface area contributed by atoms with Gasteiger partial charge in [-0.1, -0.05) is 0 Å². The minimum atomic E-state index is 0.329. The maximum atomic E-state index is 12.2. The number of likely N-dealkylation sites (tertiary alicyclic amines) is 1. The van der Waals surface area contributed by atoms with Crippen LogP contribution in [0.4, 0.5) is 0 Å². The Balaban J connectivity index is 1.35. The topological polar surface area (TPSA) is 48.0 Å². The molecule has 6 heteroatoms. The zero-order chi connectivity index (χ0) is 16.1. The number of piperidine rings is 1. The Bertz CT molecular complexity index is 379. The van der Waals surface area contributed by atoms with Crippen molar-refractivity contribution in [1.82, 2.24) is 20.0 Å². The molecule has 0 aromatic heterocycles. The first kappa shape index (κ1) is 17.1. The molecule has 3 aliphatic heterocycles. The fourth-order valence-electron chi connectivity index (χ4n) is 4.01. The number of piperazine rings is 1. The number of carbonyl (C=O) groups is 1. The average Bonchev–Trinajstić information content (AvgIpc) is 2.61. The van der Waals surface area contributed by atoms with Crippen LogP contribution >= 0.6 is 0 Å². The first-order valence-electron chi connectivity index (χ1n) is 9.29. The Kier molecular flexibility index (Phi) is 6.28. The van der Waals surface area contributed by atoms with Crippen LogP contribution in [-0.4, -0.2) is 98.3 Å². The van der Waals surface area contributed by atoms with Crippen LogP contribution in [0.3, 0.4) is 0 Å². The Morgan fingerprint density at radius 3 is 2.57 bits per heavy atom. The minimum Gasteiger partial charge on any atom is -0.376 e. The summed E-state index contributed by atoms with van der Waals surface area (Å²) in [6.45, 7) is 12.0. The van der Waals surface area contributed by atoms with Gasteiger partial charge in [0.2, 0.25) is 5.91 Å². The van der Waals surface area contributed by atoms with Crippen molar-refractivity contribution in [2.24, 2.45) is 0 Å². The Morgan fingerprint density at radius 2 is 1.87 bits per heavy atom. The zero-order valence-corrected chi connectivity index (χ0v) is 14.5. The van der Waals surface area contributed by atoms with Gasteiger partial charge in [-0.15, -0.1) is 0 Å². The molecule has 0 aromatic rings. The second-order valence-corrected chi connectivity index (χ2v) is 7.13. The lowest BCUT2D eigenvalue weighted by molar-refractivity contribution is -0.132. The smallest absolute Gasteiger partial charge is 0.223 e. The van der Waals surface area contributed by atoms with Crippen molar-refractivity contribution in [3.8, 4) is 0 Å². The van der Waals surface area contributed by atoms with Gasteiger partial charge in [0.1, 0.15) is 0 Å². The monoisotopic (exact) mass is 324 g/mol. The largest absolute Gasteiger partial charge is 0.376 e. The van der Waals surface area contributed by atoms with Crippen LogP contribution in [0, 0.1) is 0 Å². The van der Waals surface area contributed by atoms with E-state index in [1.54, 1.807) is 0 Å². The summed E-state index contributed by atoms with van der Waals surface area (Å²) in [5.74, 6) is 0.329. The van der Waals surface area contributed by atoms with Gasteiger partial charge < -0.3 is 19.9 Å². The zero-order valence-electron chi connectivity index (χ0n) is 14.5. The Hall–Kier alpha value is -0.690. The van der Waals surface area contributed by atoms with E-state index in [9.17, 15) is 4.79 Å². The first-order chi connectivity index (χ1) is 11.2. The van der Waals surface area contributed by atoms with E-state index in [4.69, 9.17) is 4.74 Å². The highest BCUT2D eigenvalue weighted by atomic mass is 16.5. The Labute approximate surface area is 140 Å². The minimum absolute atomic E-state index is 0.329. The molecule has 3 rings (SSSR count). The summed E-state index contributed by atoms with van der Waals surface area (Å²) >= 11 is 0. The molecular weight excluding hydrogens is 292 g/mol. The van der Waals surface area contributed by atoms with Gasteiger partial charge >= 0.3 is 0 Å². The van der Waals surface area contributed by atoms with E-state index in [0.29, 0.717) is 24.5 Å². The number of amides is 1. The van der Waals surface area contributed by atoms with Crippen molar-refractivity contribution in [3.63, 3.8) is 0 Å². The molecule has 0 bridgehead atoms. The predicted octanol–water partition coefficient (Wildman–Crippen LogP) is -0.00660. The third-order valence-electron chi connectivity index (χ3n) is 5.46. The van der Waals surface area contributed by atoms with Gasteiger partial charge in [0, 0.05) is 58.3 Å². The average molecular weight is 324 g/mol. The van der Waals surface area contributed by atoms with Gasteiger partial charge in [-0.3, -0.25) is 9.69 Å². The molecule has 1 atom stereocenters. The van der Waals surface area contributed by atoms with E-state index in [1.165, 1.54) is 12.8 Å². The highest BCUT2D eigenvalue weighted by molar-refractivity contribution is 5.76. The van der Waals surface area contributed by atoms with Crippen LogP contribution in [0.1, 0.15) is 26.2 Å².